The fourth-order valence-electron chi connectivity index (χ4n) is 2.12. The smallest absolute Gasteiger partial charge is 0.130 e. The van der Waals surface area contributed by atoms with Crippen LogP contribution in [0.2, 0.25) is 0 Å². The van der Waals surface area contributed by atoms with Crippen LogP contribution in [0.5, 0.6) is 0 Å². The van der Waals surface area contributed by atoms with Gasteiger partial charge in [0, 0.05) is 5.25 Å². The van der Waals surface area contributed by atoms with Gasteiger partial charge in [-0.3, -0.25) is 0 Å². The minimum atomic E-state index is -0.324. The molecule has 3 heteroatoms. The Bertz CT molecular complexity index is 194. The first kappa shape index (κ1) is 13.3. The Morgan fingerprint density at radius 2 is 1.87 bits per heavy atom. The van der Waals surface area contributed by atoms with Gasteiger partial charge in [-0.1, -0.05) is 34.6 Å². The molecular formula is C12H24O2S. The largest absolute Gasteiger partial charge is 0.389 e. The van der Waals surface area contributed by atoms with Gasteiger partial charge in [-0.05, 0) is 18.3 Å². The lowest BCUT2D eigenvalue weighted by atomic mass is 9.83. The molecule has 2 unspecified atom stereocenters. The van der Waals surface area contributed by atoms with Crippen molar-refractivity contribution in [2.45, 2.75) is 63.9 Å². The molecule has 0 aliphatic carbocycles. The summed E-state index contributed by atoms with van der Waals surface area (Å²) in [5.74, 6) is 0.786. The highest BCUT2D eigenvalue weighted by Crippen LogP contribution is 2.37. The molecule has 1 N–H and O–H groups in total. The van der Waals surface area contributed by atoms with Gasteiger partial charge in [-0.25, -0.2) is 0 Å². The summed E-state index contributed by atoms with van der Waals surface area (Å²) in [5, 5.41) is 10.6. The third-order valence-electron chi connectivity index (χ3n) is 3.35. The summed E-state index contributed by atoms with van der Waals surface area (Å²) < 4.78 is 5.95. The molecule has 0 amide bonds. The van der Waals surface area contributed by atoms with Crippen molar-refractivity contribution in [3.8, 4) is 0 Å². The Hall–Kier alpha value is 0.270. The standard InChI is InChI=1S/C12H24O2S/c1-6-10-8(4)9(5)11(13)12(14-10)15-7(2)3/h7-13H,6H2,1-5H3/t8-,9-,10?,11?,12-/m0/s1. The third-order valence-corrected chi connectivity index (χ3v) is 4.55. The minimum absolute atomic E-state index is 0.0406. The molecule has 1 fully saturated rings. The number of aliphatic hydroxyl groups is 1. The van der Waals surface area contributed by atoms with Crippen LogP contribution in [0.1, 0.15) is 41.0 Å². The van der Waals surface area contributed by atoms with Gasteiger partial charge in [0.15, 0.2) is 0 Å². The van der Waals surface area contributed by atoms with Gasteiger partial charge >= 0.3 is 0 Å². The van der Waals surface area contributed by atoms with Crippen LogP contribution >= 0.6 is 11.8 Å². The highest BCUT2D eigenvalue weighted by molar-refractivity contribution is 8.00. The van der Waals surface area contributed by atoms with Crippen LogP contribution in [0.4, 0.5) is 0 Å². The first-order chi connectivity index (χ1) is 6.97. The average Bonchev–Trinajstić information content (AvgIpc) is 2.18. The summed E-state index contributed by atoms with van der Waals surface area (Å²) >= 11 is 1.74. The molecule has 15 heavy (non-hydrogen) atoms. The van der Waals surface area contributed by atoms with Crippen molar-refractivity contribution in [1.82, 2.24) is 0 Å². The maximum absolute atomic E-state index is 10.1. The molecule has 0 aromatic carbocycles. The maximum Gasteiger partial charge on any atom is 0.130 e. The van der Waals surface area contributed by atoms with Gasteiger partial charge in [0.05, 0.1) is 12.2 Å². The topological polar surface area (TPSA) is 29.5 Å². The normalized spacial score (nSPS) is 42.2. The highest BCUT2D eigenvalue weighted by Gasteiger charge is 2.40. The van der Waals surface area contributed by atoms with Crippen molar-refractivity contribution >= 4 is 11.8 Å². The zero-order valence-electron chi connectivity index (χ0n) is 10.4. The van der Waals surface area contributed by atoms with E-state index in [0.717, 1.165) is 6.42 Å². The number of aliphatic hydroxyl groups excluding tert-OH is 1. The molecule has 0 bridgehead atoms. The van der Waals surface area contributed by atoms with Crippen LogP contribution < -0.4 is 0 Å². The molecule has 1 saturated heterocycles. The van der Waals surface area contributed by atoms with Crippen LogP contribution in [0.15, 0.2) is 0 Å². The van der Waals surface area contributed by atoms with Crippen molar-refractivity contribution in [3.05, 3.63) is 0 Å². The first-order valence-electron chi connectivity index (χ1n) is 5.96. The Morgan fingerprint density at radius 3 is 2.33 bits per heavy atom. The fraction of sp³-hybridized carbons (Fsp3) is 1.00. The number of hydrogen-bond acceptors (Lipinski definition) is 3. The van der Waals surface area contributed by atoms with Crippen LogP contribution in [-0.4, -0.2) is 28.0 Å². The summed E-state index contributed by atoms with van der Waals surface area (Å²) in [5.41, 5.74) is -0.0406. The molecule has 0 aromatic heterocycles. The zero-order chi connectivity index (χ0) is 11.6. The molecule has 1 aliphatic heterocycles. The monoisotopic (exact) mass is 232 g/mol. The predicted octanol–water partition coefficient (Wildman–Crippen LogP) is 2.90. The quantitative estimate of drug-likeness (QED) is 0.811. The highest BCUT2D eigenvalue weighted by atomic mass is 32.2. The van der Waals surface area contributed by atoms with E-state index in [0.29, 0.717) is 23.2 Å². The van der Waals surface area contributed by atoms with Gasteiger partial charge in [-0.2, -0.15) is 0 Å². The minimum Gasteiger partial charge on any atom is -0.389 e. The van der Waals surface area contributed by atoms with Crippen LogP contribution in [-0.2, 0) is 4.74 Å². The lowest BCUT2D eigenvalue weighted by Crippen LogP contribution is -2.47. The molecule has 1 rings (SSSR count). The Morgan fingerprint density at radius 1 is 1.27 bits per heavy atom. The van der Waals surface area contributed by atoms with Crippen LogP contribution in [0.3, 0.4) is 0 Å². The molecule has 1 heterocycles. The van der Waals surface area contributed by atoms with Crippen LogP contribution in [0.25, 0.3) is 0 Å². The van der Waals surface area contributed by atoms with E-state index in [4.69, 9.17) is 4.74 Å². The SMILES string of the molecule is CCC1O[C@@H](SC(C)C)C(O)[C@@H](C)[C@@H]1C. The van der Waals surface area contributed by atoms with E-state index in [1.165, 1.54) is 0 Å². The van der Waals surface area contributed by atoms with Gasteiger partial charge in [0.25, 0.3) is 0 Å². The van der Waals surface area contributed by atoms with E-state index in [1.54, 1.807) is 11.8 Å². The molecule has 0 saturated carbocycles. The number of thioether (sulfide) groups is 1. The number of rotatable bonds is 3. The number of ether oxygens (including phenoxy) is 1. The van der Waals surface area contributed by atoms with Gasteiger partial charge in [0.2, 0.25) is 0 Å². The summed E-state index contributed by atoms with van der Waals surface area (Å²) in [6.45, 7) is 10.8. The van der Waals surface area contributed by atoms with E-state index < -0.39 is 0 Å². The molecule has 2 nitrogen and oxygen atoms in total. The molecular weight excluding hydrogens is 208 g/mol. The van der Waals surface area contributed by atoms with Crippen molar-refractivity contribution in [2.24, 2.45) is 11.8 Å². The Labute approximate surface area is 97.8 Å². The number of hydrogen-bond donors (Lipinski definition) is 1. The molecule has 0 aromatic rings. The molecule has 0 radical (unpaired) electrons. The lowest BCUT2D eigenvalue weighted by molar-refractivity contribution is -0.133. The second-order valence-electron chi connectivity index (χ2n) is 4.84. The van der Waals surface area contributed by atoms with Gasteiger partial charge in [0.1, 0.15) is 5.44 Å². The average molecular weight is 232 g/mol. The van der Waals surface area contributed by atoms with E-state index in [-0.39, 0.29) is 11.5 Å². The van der Waals surface area contributed by atoms with E-state index in [1.807, 2.05) is 0 Å². The maximum atomic E-state index is 10.1. The second-order valence-corrected chi connectivity index (χ2v) is 6.52. The molecule has 5 atom stereocenters. The van der Waals surface area contributed by atoms with Crippen molar-refractivity contribution in [2.75, 3.05) is 0 Å². The van der Waals surface area contributed by atoms with E-state index in [2.05, 4.69) is 34.6 Å². The molecule has 0 spiro atoms. The fourth-order valence-corrected chi connectivity index (χ4v) is 3.28. The predicted molar refractivity (Wildman–Crippen MR) is 66.0 cm³/mol. The van der Waals surface area contributed by atoms with Gasteiger partial charge in [-0.15, -0.1) is 11.8 Å². The van der Waals surface area contributed by atoms with Gasteiger partial charge < -0.3 is 9.84 Å². The zero-order valence-corrected chi connectivity index (χ0v) is 11.3. The first-order valence-corrected chi connectivity index (χ1v) is 6.90. The summed E-state index contributed by atoms with van der Waals surface area (Å²) in [6.07, 6.45) is 1.02. The molecule has 1 aliphatic rings. The summed E-state index contributed by atoms with van der Waals surface area (Å²) in [4.78, 5) is 0. The lowest BCUT2D eigenvalue weighted by Gasteiger charge is -2.42. The van der Waals surface area contributed by atoms with Crippen molar-refractivity contribution < 1.29 is 9.84 Å². The van der Waals surface area contributed by atoms with E-state index >= 15 is 0 Å². The van der Waals surface area contributed by atoms with Crippen molar-refractivity contribution in [1.29, 1.82) is 0 Å². The van der Waals surface area contributed by atoms with Crippen LogP contribution in [0, 0.1) is 11.8 Å². The Kier molecular flexibility index (Phi) is 4.94. The molecule has 90 valence electrons. The van der Waals surface area contributed by atoms with Crippen molar-refractivity contribution in [3.63, 3.8) is 0 Å². The third kappa shape index (κ3) is 3.11. The summed E-state index contributed by atoms with van der Waals surface area (Å²) in [7, 11) is 0. The second kappa shape index (κ2) is 5.55. The van der Waals surface area contributed by atoms with E-state index in [9.17, 15) is 5.11 Å². The Balaban J connectivity index is 2.65. The summed E-state index contributed by atoms with van der Waals surface area (Å²) in [6, 6.07) is 0.